The van der Waals surface area contributed by atoms with Gasteiger partial charge in [0.1, 0.15) is 6.04 Å². The van der Waals surface area contributed by atoms with Gasteiger partial charge in [-0.3, -0.25) is 14.6 Å². The second kappa shape index (κ2) is 7.10. The van der Waals surface area contributed by atoms with Crippen LogP contribution in [0.2, 0.25) is 0 Å². The number of aliphatic carboxylic acids is 1. The molecule has 4 N–H and O–H groups in total. The number of hydrogen-bond acceptors (Lipinski definition) is 4. The van der Waals surface area contributed by atoms with E-state index in [9.17, 15) is 14.4 Å². The Kier molecular flexibility index (Phi) is 5.46. The monoisotopic (exact) mass is 265 g/mol. The van der Waals surface area contributed by atoms with E-state index in [1.54, 1.807) is 24.5 Å². The fraction of sp³-hybridized carbons (Fsp3) is 0.333. The maximum atomic E-state index is 11.7. The molecule has 0 aliphatic heterocycles. The van der Waals surface area contributed by atoms with Crippen molar-refractivity contribution in [3.05, 3.63) is 30.1 Å². The van der Waals surface area contributed by atoms with Gasteiger partial charge in [-0.25, -0.2) is 4.79 Å². The van der Waals surface area contributed by atoms with Crippen LogP contribution in [0.5, 0.6) is 0 Å². The number of nitrogens with one attached hydrogen (secondary N) is 1. The zero-order chi connectivity index (χ0) is 14.3. The summed E-state index contributed by atoms with van der Waals surface area (Å²) in [5, 5.41) is 11.3. The number of carbonyl (C=O) groups is 3. The van der Waals surface area contributed by atoms with Gasteiger partial charge in [0, 0.05) is 18.8 Å². The molecule has 0 radical (unpaired) electrons. The van der Waals surface area contributed by atoms with Gasteiger partial charge >= 0.3 is 5.97 Å². The number of carbonyl (C=O) groups excluding carboxylic acids is 2. The molecular weight excluding hydrogens is 250 g/mol. The van der Waals surface area contributed by atoms with Crippen molar-refractivity contribution < 1.29 is 19.5 Å². The van der Waals surface area contributed by atoms with Crippen molar-refractivity contribution in [3.8, 4) is 0 Å². The molecule has 0 aromatic carbocycles. The fourth-order valence-corrected chi connectivity index (χ4v) is 1.48. The first-order valence-electron chi connectivity index (χ1n) is 5.68. The molecule has 19 heavy (non-hydrogen) atoms. The van der Waals surface area contributed by atoms with Crippen LogP contribution in [0.15, 0.2) is 24.5 Å². The molecule has 0 unspecified atom stereocenters. The molecule has 0 bridgehead atoms. The molecule has 0 spiro atoms. The molecule has 0 aliphatic carbocycles. The third-order valence-corrected chi connectivity index (χ3v) is 2.43. The highest BCUT2D eigenvalue weighted by molar-refractivity contribution is 5.85. The third-order valence-electron chi connectivity index (χ3n) is 2.43. The Morgan fingerprint density at radius 1 is 1.32 bits per heavy atom. The van der Waals surface area contributed by atoms with E-state index >= 15 is 0 Å². The average molecular weight is 265 g/mol. The van der Waals surface area contributed by atoms with Gasteiger partial charge in [0.25, 0.3) is 0 Å². The zero-order valence-electron chi connectivity index (χ0n) is 10.2. The first-order chi connectivity index (χ1) is 8.99. The highest BCUT2D eigenvalue weighted by Crippen LogP contribution is 2.01. The van der Waals surface area contributed by atoms with Crippen LogP contribution in [0, 0.1) is 0 Å². The van der Waals surface area contributed by atoms with Crippen LogP contribution < -0.4 is 11.1 Å². The Labute approximate surface area is 109 Å². The van der Waals surface area contributed by atoms with Gasteiger partial charge in [0.2, 0.25) is 11.8 Å². The van der Waals surface area contributed by atoms with E-state index < -0.39 is 23.8 Å². The molecule has 0 saturated heterocycles. The van der Waals surface area contributed by atoms with Crippen molar-refractivity contribution in [2.45, 2.75) is 25.3 Å². The summed E-state index contributed by atoms with van der Waals surface area (Å²) >= 11 is 0. The summed E-state index contributed by atoms with van der Waals surface area (Å²) in [6.45, 7) is 0. The van der Waals surface area contributed by atoms with Crippen LogP contribution in [-0.2, 0) is 20.8 Å². The number of carboxylic acids is 1. The van der Waals surface area contributed by atoms with E-state index in [0.29, 0.717) is 0 Å². The van der Waals surface area contributed by atoms with Gasteiger partial charge in [-0.1, -0.05) is 0 Å². The lowest BCUT2D eigenvalue weighted by Gasteiger charge is -2.13. The van der Waals surface area contributed by atoms with Crippen molar-refractivity contribution >= 4 is 17.8 Å². The molecule has 7 nitrogen and oxygen atoms in total. The molecule has 7 heteroatoms. The second-order valence-electron chi connectivity index (χ2n) is 4.00. The van der Waals surface area contributed by atoms with Crippen molar-refractivity contribution in [2.24, 2.45) is 5.73 Å². The van der Waals surface area contributed by atoms with E-state index in [2.05, 4.69) is 10.3 Å². The summed E-state index contributed by atoms with van der Waals surface area (Å²) < 4.78 is 0. The SMILES string of the molecule is NC(=O)CC[C@H](NC(=O)Cc1ccncc1)C(=O)O. The lowest BCUT2D eigenvalue weighted by atomic mass is 10.1. The lowest BCUT2D eigenvalue weighted by molar-refractivity contribution is -0.142. The second-order valence-corrected chi connectivity index (χ2v) is 4.00. The quantitative estimate of drug-likeness (QED) is 0.611. The fourth-order valence-electron chi connectivity index (χ4n) is 1.48. The number of rotatable bonds is 7. The third kappa shape index (κ3) is 5.62. The van der Waals surface area contributed by atoms with E-state index in [1.165, 1.54) is 0 Å². The summed E-state index contributed by atoms with van der Waals surface area (Å²) in [5.41, 5.74) is 5.67. The molecule has 1 rings (SSSR count). The van der Waals surface area contributed by atoms with E-state index in [4.69, 9.17) is 10.8 Å². The smallest absolute Gasteiger partial charge is 0.326 e. The topological polar surface area (TPSA) is 122 Å². The van der Waals surface area contributed by atoms with Crippen LogP contribution in [0.1, 0.15) is 18.4 Å². The highest BCUT2D eigenvalue weighted by Gasteiger charge is 2.20. The van der Waals surface area contributed by atoms with Crippen LogP contribution in [-0.4, -0.2) is 33.9 Å². The number of primary amides is 1. The van der Waals surface area contributed by atoms with Gasteiger partial charge in [-0.15, -0.1) is 0 Å². The van der Waals surface area contributed by atoms with Crippen molar-refractivity contribution in [1.82, 2.24) is 10.3 Å². The molecule has 1 aromatic rings. The number of carboxylic acid groups (broad SMARTS) is 1. The minimum Gasteiger partial charge on any atom is -0.480 e. The number of pyridine rings is 1. The maximum Gasteiger partial charge on any atom is 0.326 e. The Balaban J connectivity index is 2.52. The molecular formula is C12H15N3O4. The minimum absolute atomic E-state index is 0.0211. The van der Waals surface area contributed by atoms with E-state index in [-0.39, 0.29) is 19.3 Å². The Morgan fingerprint density at radius 3 is 2.47 bits per heavy atom. The minimum atomic E-state index is -1.19. The largest absolute Gasteiger partial charge is 0.480 e. The predicted molar refractivity (Wildman–Crippen MR) is 65.9 cm³/mol. The number of aromatic nitrogens is 1. The average Bonchev–Trinajstić information content (AvgIpc) is 2.35. The molecule has 0 saturated carbocycles. The number of nitrogens with zero attached hydrogens (tertiary/aromatic N) is 1. The highest BCUT2D eigenvalue weighted by atomic mass is 16.4. The number of nitrogens with two attached hydrogens (primary N) is 1. The molecule has 1 aromatic heterocycles. The maximum absolute atomic E-state index is 11.7. The van der Waals surface area contributed by atoms with Crippen LogP contribution in [0.25, 0.3) is 0 Å². The molecule has 1 atom stereocenters. The zero-order valence-corrected chi connectivity index (χ0v) is 10.2. The number of hydrogen-bond donors (Lipinski definition) is 3. The van der Waals surface area contributed by atoms with Crippen LogP contribution in [0.4, 0.5) is 0 Å². The molecule has 102 valence electrons. The van der Waals surface area contributed by atoms with Crippen molar-refractivity contribution in [2.75, 3.05) is 0 Å². The van der Waals surface area contributed by atoms with Gasteiger partial charge in [0.05, 0.1) is 6.42 Å². The summed E-state index contributed by atoms with van der Waals surface area (Å²) in [6, 6.07) is 2.22. The summed E-state index contributed by atoms with van der Waals surface area (Å²) in [6.07, 6.45) is 3.04. The molecule has 2 amide bonds. The van der Waals surface area contributed by atoms with E-state index in [0.717, 1.165) is 5.56 Å². The first-order valence-corrected chi connectivity index (χ1v) is 5.68. The molecule has 0 aliphatic rings. The summed E-state index contributed by atoms with van der Waals surface area (Å²) in [4.78, 5) is 37.0. The normalized spacial score (nSPS) is 11.6. The van der Waals surface area contributed by atoms with Gasteiger partial charge in [-0.2, -0.15) is 0 Å². The summed E-state index contributed by atoms with van der Waals surface area (Å²) in [5.74, 6) is -2.22. The first kappa shape index (κ1) is 14.6. The van der Waals surface area contributed by atoms with Gasteiger partial charge < -0.3 is 16.2 Å². The molecule has 0 fully saturated rings. The van der Waals surface area contributed by atoms with Gasteiger partial charge in [0.15, 0.2) is 0 Å². The van der Waals surface area contributed by atoms with Crippen molar-refractivity contribution in [1.29, 1.82) is 0 Å². The Bertz CT molecular complexity index is 461. The standard InChI is InChI=1S/C12H15N3O4/c13-10(16)2-1-9(12(18)19)15-11(17)7-8-3-5-14-6-4-8/h3-6,9H,1-2,7H2,(H2,13,16)(H,15,17)(H,18,19)/t9-/m0/s1. The predicted octanol–water partition coefficient (Wildman–Crippen LogP) is -0.541. The van der Waals surface area contributed by atoms with Gasteiger partial charge in [-0.05, 0) is 24.1 Å². The Morgan fingerprint density at radius 2 is 1.95 bits per heavy atom. The lowest BCUT2D eigenvalue weighted by Crippen LogP contribution is -2.42. The molecule has 1 heterocycles. The van der Waals surface area contributed by atoms with E-state index in [1.807, 2.05) is 0 Å². The summed E-state index contributed by atoms with van der Waals surface area (Å²) in [7, 11) is 0. The van der Waals surface area contributed by atoms with Crippen LogP contribution in [0.3, 0.4) is 0 Å². The Hall–Kier alpha value is -2.44. The van der Waals surface area contributed by atoms with Crippen molar-refractivity contribution in [3.63, 3.8) is 0 Å². The number of amides is 2. The van der Waals surface area contributed by atoms with Crippen LogP contribution >= 0.6 is 0 Å².